The maximum absolute atomic E-state index is 7.32. The Labute approximate surface area is 94.2 Å². The fourth-order valence-electron chi connectivity index (χ4n) is 2.26. The second-order valence-corrected chi connectivity index (χ2v) is 5.43. The molecule has 6 nitrogen and oxygen atoms in total. The van der Waals surface area contributed by atoms with Gasteiger partial charge in [0.1, 0.15) is 0 Å². The van der Waals surface area contributed by atoms with Crippen LogP contribution >= 0.6 is 0 Å². The topological polar surface area (TPSA) is 67.4 Å². The van der Waals surface area contributed by atoms with Gasteiger partial charge >= 0.3 is 0 Å². The summed E-state index contributed by atoms with van der Waals surface area (Å²) in [6.45, 7) is 9.61. The molecule has 1 fully saturated rings. The number of hydrogen-bond acceptors (Lipinski definition) is 4. The van der Waals surface area contributed by atoms with Crippen LogP contribution in [-0.4, -0.2) is 24.3 Å². The lowest BCUT2D eigenvalue weighted by atomic mass is 10.0. The minimum absolute atomic E-state index is 0.0575. The molecule has 1 aliphatic rings. The second kappa shape index (κ2) is 3.35. The molecular formula is C10H18N4O2. The van der Waals surface area contributed by atoms with Crippen molar-refractivity contribution >= 4 is 0 Å². The summed E-state index contributed by atoms with van der Waals surface area (Å²) in [5, 5.41) is 13.1. The summed E-state index contributed by atoms with van der Waals surface area (Å²) in [6.07, 6.45) is 1.55. The summed E-state index contributed by atoms with van der Waals surface area (Å²) >= 11 is 0. The molecule has 0 atom stereocenters. The lowest BCUT2D eigenvalue weighted by molar-refractivity contribution is -0.767. The first kappa shape index (κ1) is 11.2. The van der Waals surface area contributed by atoms with E-state index in [9.17, 15) is 0 Å². The van der Waals surface area contributed by atoms with Crippen molar-refractivity contribution in [2.24, 2.45) is 0 Å². The van der Waals surface area contributed by atoms with Crippen molar-refractivity contribution in [2.75, 3.05) is 18.1 Å². The highest BCUT2D eigenvalue weighted by molar-refractivity contribution is 4.96. The number of morpholine rings is 1. The van der Waals surface area contributed by atoms with Gasteiger partial charge in [0.05, 0.1) is 11.2 Å². The van der Waals surface area contributed by atoms with Crippen LogP contribution in [0.2, 0.25) is 0 Å². The normalized spacial score (nSPS) is 23.4. The van der Waals surface area contributed by atoms with Crippen LogP contribution in [0, 0.1) is 5.41 Å². The Morgan fingerprint density at radius 2 is 1.88 bits per heavy atom. The molecule has 0 bridgehead atoms. The van der Waals surface area contributed by atoms with Gasteiger partial charge in [-0.2, -0.15) is 0 Å². The SMILES string of the molecule is CC1(C)CN([n+]2cc(=N)o[n-]2)CC(C)(C)O1. The molecule has 1 aliphatic heterocycles. The number of nitrogens with zero attached hydrogens (tertiary/aromatic N) is 3. The van der Waals surface area contributed by atoms with E-state index in [1.54, 1.807) is 11.0 Å². The zero-order chi connectivity index (χ0) is 12.0. The Bertz CT molecular complexity index is 416. The Kier molecular flexibility index (Phi) is 2.34. The summed E-state index contributed by atoms with van der Waals surface area (Å²) < 4.78 is 10.7. The van der Waals surface area contributed by atoms with E-state index in [0.29, 0.717) is 13.1 Å². The van der Waals surface area contributed by atoms with Gasteiger partial charge in [-0.25, -0.2) is 0 Å². The van der Waals surface area contributed by atoms with Gasteiger partial charge in [0.25, 0.3) is 11.8 Å². The number of nitrogens with one attached hydrogen (secondary N) is 1. The first-order valence-electron chi connectivity index (χ1n) is 5.33. The van der Waals surface area contributed by atoms with Crippen molar-refractivity contribution in [1.82, 2.24) is 5.27 Å². The maximum atomic E-state index is 7.32. The zero-order valence-corrected chi connectivity index (χ0v) is 10.1. The number of aromatic nitrogens is 2. The first-order valence-corrected chi connectivity index (χ1v) is 5.33. The lowest BCUT2D eigenvalue weighted by Gasteiger charge is -2.47. The van der Waals surface area contributed by atoms with Crippen molar-refractivity contribution in [3.05, 3.63) is 11.8 Å². The predicted molar refractivity (Wildman–Crippen MR) is 55.3 cm³/mol. The van der Waals surface area contributed by atoms with Crippen LogP contribution in [-0.2, 0) is 4.74 Å². The molecule has 2 heterocycles. The number of ether oxygens (including phenoxy) is 1. The van der Waals surface area contributed by atoms with Crippen molar-refractivity contribution in [2.45, 2.75) is 38.9 Å². The van der Waals surface area contributed by atoms with Crippen LogP contribution in [0.5, 0.6) is 0 Å². The van der Waals surface area contributed by atoms with Crippen molar-refractivity contribution < 1.29 is 14.1 Å². The van der Waals surface area contributed by atoms with Crippen molar-refractivity contribution in [1.29, 1.82) is 5.41 Å². The van der Waals surface area contributed by atoms with Crippen molar-refractivity contribution in [3.8, 4) is 0 Å². The van der Waals surface area contributed by atoms with Crippen LogP contribution in [0.25, 0.3) is 0 Å². The van der Waals surface area contributed by atoms with E-state index in [1.807, 2.05) is 32.7 Å². The Hall–Kier alpha value is -1.30. The third-order valence-electron chi connectivity index (χ3n) is 2.42. The molecule has 1 aromatic heterocycles. The van der Waals surface area contributed by atoms with Gasteiger partial charge < -0.3 is 9.26 Å². The Balaban J connectivity index is 2.26. The molecule has 1 saturated heterocycles. The van der Waals surface area contributed by atoms with E-state index in [1.165, 1.54) is 0 Å². The monoisotopic (exact) mass is 226 g/mol. The minimum atomic E-state index is -0.240. The van der Waals surface area contributed by atoms with Crippen LogP contribution in [0.4, 0.5) is 0 Å². The molecule has 16 heavy (non-hydrogen) atoms. The molecular weight excluding hydrogens is 208 g/mol. The molecule has 0 aromatic carbocycles. The summed E-state index contributed by atoms with van der Waals surface area (Å²) in [5.41, 5.74) is -0.423. The molecule has 0 radical (unpaired) electrons. The molecule has 0 spiro atoms. The largest absolute Gasteiger partial charge is 0.380 e. The summed E-state index contributed by atoms with van der Waals surface area (Å²) in [6, 6.07) is 0. The standard InChI is InChI=1S/C10H18N4O2/c1-9(2)6-13(7-10(3,4)16-9)14-5-8(11)15-12-14/h5,11H,6-7H2,1-4H3. The highest BCUT2D eigenvalue weighted by Crippen LogP contribution is 2.25. The lowest BCUT2D eigenvalue weighted by Crippen LogP contribution is -2.71. The van der Waals surface area contributed by atoms with Crippen LogP contribution in [0.15, 0.2) is 10.7 Å². The van der Waals surface area contributed by atoms with Gasteiger partial charge in [-0.1, -0.05) is 4.79 Å². The fraction of sp³-hybridized carbons (Fsp3) is 0.800. The first-order chi connectivity index (χ1) is 7.27. The highest BCUT2D eigenvalue weighted by atomic mass is 16.5. The molecule has 0 amide bonds. The van der Waals surface area contributed by atoms with E-state index in [4.69, 9.17) is 14.7 Å². The Morgan fingerprint density at radius 1 is 1.31 bits per heavy atom. The molecule has 0 aliphatic carbocycles. The minimum Gasteiger partial charge on any atom is -0.380 e. The zero-order valence-electron chi connectivity index (χ0n) is 10.1. The van der Waals surface area contributed by atoms with Gasteiger partial charge in [-0.05, 0) is 33.0 Å². The van der Waals surface area contributed by atoms with E-state index in [-0.39, 0.29) is 16.8 Å². The molecule has 1 aromatic rings. The molecule has 1 N–H and O–H groups in total. The number of hydrogen-bond donors (Lipinski definition) is 1. The van der Waals surface area contributed by atoms with Gasteiger partial charge in [-0.3, -0.25) is 10.4 Å². The maximum Gasteiger partial charge on any atom is 0.286 e. The van der Waals surface area contributed by atoms with E-state index < -0.39 is 0 Å². The van der Waals surface area contributed by atoms with E-state index >= 15 is 0 Å². The van der Waals surface area contributed by atoms with Crippen LogP contribution in [0.3, 0.4) is 0 Å². The molecule has 0 saturated carbocycles. The molecule has 0 unspecified atom stereocenters. The third-order valence-corrected chi connectivity index (χ3v) is 2.42. The Morgan fingerprint density at radius 3 is 2.31 bits per heavy atom. The average molecular weight is 226 g/mol. The molecule has 90 valence electrons. The number of rotatable bonds is 1. The average Bonchev–Trinajstić information content (AvgIpc) is 2.45. The van der Waals surface area contributed by atoms with Crippen LogP contribution in [0.1, 0.15) is 27.7 Å². The van der Waals surface area contributed by atoms with Gasteiger partial charge in [0.2, 0.25) is 0 Å². The van der Waals surface area contributed by atoms with Crippen molar-refractivity contribution in [3.63, 3.8) is 0 Å². The predicted octanol–water partition coefficient (Wildman–Crippen LogP) is -0.471. The molecule has 6 heteroatoms. The van der Waals surface area contributed by atoms with Crippen LogP contribution < -0.4 is 20.6 Å². The smallest absolute Gasteiger partial charge is 0.286 e. The van der Waals surface area contributed by atoms with Gasteiger partial charge in [0, 0.05) is 13.1 Å². The highest BCUT2D eigenvalue weighted by Gasteiger charge is 2.38. The van der Waals surface area contributed by atoms with Gasteiger partial charge in [0.15, 0.2) is 0 Å². The fourth-order valence-corrected chi connectivity index (χ4v) is 2.26. The summed E-state index contributed by atoms with van der Waals surface area (Å²) in [4.78, 5) is 1.58. The van der Waals surface area contributed by atoms with E-state index in [2.05, 4.69) is 5.27 Å². The summed E-state index contributed by atoms with van der Waals surface area (Å²) in [5.74, 6) is 0. The third kappa shape index (κ3) is 2.27. The second-order valence-electron chi connectivity index (χ2n) is 5.43. The molecule has 2 rings (SSSR count). The quantitative estimate of drug-likeness (QED) is 0.657. The van der Waals surface area contributed by atoms with E-state index in [0.717, 1.165) is 0 Å². The van der Waals surface area contributed by atoms with Gasteiger partial charge in [-0.15, -0.1) is 0 Å². The summed E-state index contributed by atoms with van der Waals surface area (Å²) in [7, 11) is 0.